The number of pyridine rings is 2. The van der Waals surface area contributed by atoms with Gasteiger partial charge in [0.05, 0.1) is 13.7 Å². The number of fused-ring (bicyclic) bond motifs is 3. The molecule has 0 aliphatic carbocycles. The van der Waals surface area contributed by atoms with E-state index in [-0.39, 0.29) is 31.3 Å². The second kappa shape index (κ2) is 13.9. The second-order valence-corrected chi connectivity index (χ2v) is 18.3. The van der Waals surface area contributed by atoms with Gasteiger partial charge in [0.25, 0.3) is 0 Å². The van der Waals surface area contributed by atoms with E-state index >= 15 is 0 Å². The third kappa shape index (κ3) is 7.36. The van der Waals surface area contributed by atoms with E-state index in [1.807, 2.05) is 42.6 Å². The van der Waals surface area contributed by atoms with Crippen molar-refractivity contribution in [3.63, 3.8) is 0 Å². The van der Waals surface area contributed by atoms with Gasteiger partial charge in [-0.2, -0.15) is 0 Å². The number of nitrogens with zero attached hydrogens (tertiary/aromatic N) is 2. The van der Waals surface area contributed by atoms with Gasteiger partial charge in [0.15, 0.2) is 0 Å². The minimum Gasteiger partial charge on any atom is -0.500 e. The first-order valence-corrected chi connectivity index (χ1v) is 19.0. The molecule has 0 N–H and O–H groups in total. The van der Waals surface area contributed by atoms with Crippen LogP contribution in [0.1, 0.15) is 30.5 Å². The summed E-state index contributed by atoms with van der Waals surface area (Å²) in [6, 6.07) is 40.1. The average Bonchev–Trinajstić information content (AvgIpc) is 3.44. The van der Waals surface area contributed by atoms with Gasteiger partial charge in [-0.1, -0.05) is 100 Å². The second-order valence-electron chi connectivity index (χ2n) is 13.2. The first-order chi connectivity index (χ1) is 22.0. The van der Waals surface area contributed by atoms with E-state index in [1.54, 1.807) is 0 Å². The van der Waals surface area contributed by atoms with E-state index in [1.165, 1.54) is 40.2 Å². The van der Waals surface area contributed by atoms with Crippen LogP contribution in [0.25, 0.3) is 44.5 Å². The van der Waals surface area contributed by atoms with Gasteiger partial charge in [0.1, 0.15) is 11.4 Å². The van der Waals surface area contributed by atoms with Gasteiger partial charge in [0, 0.05) is 43.3 Å². The van der Waals surface area contributed by atoms with Gasteiger partial charge in [-0.05, 0) is 45.9 Å². The molecule has 3 nitrogen and oxygen atoms in total. The molecular weight excluding hydrogens is 776 g/mol. The Morgan fingerprint density at radius 3 is 2.17 bits per heavy atom. The molecule has 4 aromatic carbocycles. The SMILES string of the molecule is CC(C)(c1ccccc1)c1cccc2oc3c[c-]c(-c4cc(F)ccn4)cc3c12.Cc1c[c-]c(-c2ccc([Si](C)(C)C)cn2)cc1.[Ir]. The Morgan fingerprint density at radius 1 is 0.745 bits per heavy atom. The predicted octanol–water partition coefficient (Wildman–Crippen LogP) is 10.3. The van der Waals surface area contributed by atoms with Crippen molar-refractivity contribution in [2.24, 2.45) is 0 Å². The Labute approximate surface area is 291 Å². The smallest absolute Gasteiger partial charge is 0.121 e. The van der Waals surface area contributed by atoms with Crippen molar-refractivity contribution < 1.29 is 28.9 Å². The summed E-state index contributed by atoms with van der Waals surface area (Å²) in [5.74, 6) is -0.313. The molecule has 0 saturated carbocycles. The van der Waals surface area contributed by atoms with E-state index in [0.717, 1.165) is 38.8 Å². The Morgan fingerprint density at radius 2 is 1.51 bits per heavy atom. The van der Waals surface area contributed by atoms with Crippen LogP contribution in [0.2, 0.25) is 19.6 Å². The fraction of sp³-hybridized carbons (Fsp3) is 0.171. The topological polar surface area (TPSA) is 38.9 Å². The number of furan rings is 1. The van der Waals surface area contributed by atoms with Gasteiger partial charge in [-0.3, -0.25) is 0 Å². The summed E-state index contributed by atoms with van der Waals surface area (Å²) in [5, 5.41) is 3.45. The number of hydrogen-bond donors (Lipinski definition) is 0. The molecule has 47 heavy (non-hydrogen) atoms. The largest absolute Gasteiger partial charge is 0.500 e. The van der Waals surface area contributed by atoms with Gasteiger partial charge in [-0.15, -0.1) is 59.2 Å². The van der Waals surface area contributed by atoms with E-state index in [4.69, 9.17) is 4.42 Å². The molecule has 6 heteroatoms. The summed E-state index contributed by atoms with van der Waals surface area (Å²) < 4.78 is 19.8. The monoisotopic (exact) mass is 813 g/mol. The number of aromatic nitrogens is 2. The quantitative estimate of drug-likeness (QED) is 0.128. The molecule has 3 aromatic heterocycles. The summed E-state index contributed by atoms with van der Waals surface area (Å²) in [7, 11) is -1.24. The van der Waals surface area contributed by atoms with Crippen LogP contribution >= 0.6 is 0 Å². The maximum atomic E-state index is 13.7. The van der Waals surface area contributed by atoms with Crippen molar-refractivity contribution in [3.05, 3.63) is 150 Å². The normalized spacial score (nSPS) is 11.6. The zero-order chi connectivity index (χ0) is 32.5. The predicted molar refractivity (Wildman–Crippen MR) is 191 cm³/mol. The van der Waals surface area contributed by atoms with Crippen molar-refractivity contribution >= 4 is 35.2 Å². The maximum Gasteiger partial charge on any atom is 0.121 e. The number of aryl methyl sites for hydroxylation is 1. The van der Waals surface area contributed by atoms with Gasteiger partial charge in [-0.25, -0.2) is 4.39 Å². The van der Waals surface area contributed by atoms with Crippen molar-refractivity contribution in [3.8, 4) is 22.5 Å². The van der Waals surface area contributed by atoms with Crippen LogP contribution in [0.3, 0.4) is 0 Å². The van der Waals surface area contributed by atoms with Gasteiger partial charge in [0.2, 0.25) is 0 Å². The molecule has 3 heterocycles. The zero-order valence-electron chi connectivity index (χ0n) is 27.5. The third-order valence-electron chi connectivity index (χ3n) is 8.47. The Hall–Kier alpha value is -4.22. The summed E-state index contributed by atoms with van der Waals surface area (Å²) >= 11 is 0. The molecule has 0 spiro atoms. The number of halogens is 1. The first kappa shape index (κ1) is 34.1. The number of benzene rings is 4. The van der Waals surface area contributed by atoms with Crippen LogP contribution < -0.4 is 5.19 Å². The molecule has 0 unspecified atom stereocenters. The van der Waals surface area contributed by atoms with Crippen molar-refractivity contribution in [1.82, 2.24) is 9.97 Å². The first-order valence-electron chi connectivity index (χ1n) is 15.5. The molecule has 1 radical (unpaired) electrons. The molecule has 0 atom stereocenters. The van der Waals surface area contributed by atoms with Crippen LogP contribution in [0.4, 0.5) is 4.39 Å². The molecular formula is C41H37FIrN2OSi-2. The molecule has 0 saturated heterocycles. The minimum atomic E-state index is -1.24. The fourth-order valence-electron chi connectivity index (χ4n) is 5.66. The van der Waals surface area contributed by atoms with Crippen LogP contribution in [-0.2, 0) is 25.5 Å². The molecule has 0 fully saturated rings. The number of hydrogen-bond acceptors (Lipinski definition) is 3. The van der Waals surface area contributed by atoms with E-state index < -0.39 is 8.07 Å². The Bertz CT molecular complexity index is 2120. The molecule has 0 aliphatic heterocycles. The van der Waals surface area contributed by atoms with Crippen LogP contribution in [0.5, 0.6) is 0 Å². The third-order valence-corrected chi connectivity index (χ3v) is 10.5. The summed E-state index contributed by atoms with van der Waals surface area (Å²) in [4.78, 5) is 8.85. The average molecular weight is 813 g/mol. The number of rotatable bonds is 5. The molecule has 239 valence electrons. The van der Waals surface area contributed by atoms with Crippen LogP contribution in [0, 0.1) is 24.9 Å². The standard InChI is InChI=1S/C26H19FNO.C15H18NSi.Ir/c1-26(2,18-7-4-3-5-8-18)21-9-6-10-24-25(21)20-15-17(11-12-23(20)29-24)22-16-19(27)13-14-28-22;1-12-5-7-13(8-6-12)15-10-9-14(11-16-15)17(2,3)4;/h3-10,12-16H,1-2H3;5-7,9-11H,1-4H3;/q2*-1;. The molecule has 0 bridgehead atoms. The van der Waals surface area contributed by atoms with E-state index in [9.17, 15) is 4.39 Å². The van der Waals surface area contributed by atoms with Crippen molar-refractivity contribution in [2.45, 2.75) is 45.8 Å². The zero-order valence-corrected chi connectivity index (χ0v) is 30.9. The summed E-state index contributed by atoms with van der Waals surface area (Å²) in [6.45, 7) is 13.5. The Kier molecular flexibility index (Phi) is 10.1. The van der Waals surface area contributed by atoms with Crippen molar-refractivity contribution in [1.29, 1.82) is 0 Å². The summed E-state index contributed by atoms with van der Waals surface area (Å²) in [6.07, 6.45) is 3.50. The molecule has 7 rings (SSSR count). The van der Waals surface area contributed by atoms with Gasteiger partial charge >= 0.3 is 0 Å². The minimum absolute atomic E-state index is 0. The summed E-state index contributed by atoms with van der Waals surface area (Å²) in [5.41, 5.74) is 8.40. The molecule has 0 aliphatic rings. The van der Waals surface area contributed by atoms with Gasteiger partial charge < -0.3 is 14.4 Å². The van der Waals surface area contributed by atoms with E-state index in [2.05, 4.69) is 117 Å². The molecule has 7 aromatic rings. The van der Waals surface area contributed by atoms with Crippen LogP contribution in [-0.4, -0.2) is 18.0 Å². The van der Waals surface area contributed by atoms with Crippen LogP contribution in [0.15, 0.2) is 120 Å². The van der Waals surface area contributed by atoms with E-state index in [0.29, 0.717) is 5.69 Å². The van der Waals surface area contributed by atoms with Crippen molar-refractivity contribution in [2.75, 3.05) is 0 Å². The molecule has 0 amide bonds. The fourth-order valence-corrected chi connectivity index (χ4v) is 6.70. The maximum absolute atomic E-state index is 13.7. The Balaban J connectivity index is 0.000000207.